The number of benzene rings is 2. The second-order valence-corrected chi connectivity index (χ2v) is 6.81. The Bertz CT molecular complexity index is 702. The molecule has 2 aromatic rings. The van der Waals surface area contributed by atoms with Crippen molar-refractivity contribution in [3.05, 3.63) is 70.2 Å². The van der Waals surface area contributed by atoms with Crippen LogP contribution >= 0.6 is 15.9 Å². The molecule has 4 nitrogen and oxygen atoms in total. The fourth-order valence-corrected chi connectivity index (χ4v) is 2.81. The summed E-state index contributed by atoms with van der Waals surface area (Å²) in [5.74, 6) is -0.231. The van der Waals surface area contributed by atoms with E-state index in [0.29, 0.717) is 5.56 Å². The van der Waals surface area contributed by atoms with E-state index in [2.05, 4.69) is 40.4 Å². The van der Waals surface area contributed by atoms with Crippen LogP contribution in [0.25, 0.3) is 0 Å². The van der Waals surface area contributed by atoms with Crippen molar-refractivity contribution in [1.29, 1.82) is 0 Å². The molecule has 0 aromatic heterocycles. The summed E-state index contributed by atoms with van der Waals surface area (Å²) in [6, 6.07) is 16.8. The highest BCUT2D eigenvalue weighted by molar-refractivity contribution is 9.10. The Morgan fingerprint density at radius 1 is 1.04 bits per heavy atom. The van der Waals surface area contributed by atoms with Crippen LogP contribution in [0.2, 0.25) is 0 Å². The number of carbonyl (C=O) groups is 2. The highest BCUT2D eigenvalue weighted by Crippen LogP contribution is 2.21. The average Bonchev–Trinajstić information content (AvgIpc) is 2.58. The van der Waals surface area contributed by atoms with Gasteiger partial charge in [-0.1, -0.05) is 66.2 Å². The summed E-state index contributed by atoms with van der Waals surface area (Å²) in [5.41, 5.74) is 1.57. The zero-order valence-electron chi connectivity index (χ0n) is 13.8. The molecule has 5 heteroatoms. The number of halogens is 1. The van der Waals surface area contributed by atoms with Crippen LogP contribution < -0.4 is 10.6 Å². The number of amides is 2. The van der Waals surface area contributed by atoms with Crippen LogP contribution in [-0.4, -0.2) is 18.4 Å². The van der Waals surface area contributed by atoms with Gasteiger partial charge in [-0.05, 0) is 29.7 Å². The minimum absolute atomic E-state index is 0.0542. The van der Waals surface area contributed by atoms with Crippen LogP contribution in [0.15, 0.2) is 59.1 Å². The van der Waals surface area contributed by atoms with Gasteiger partial charge < -0.3 is 10.6 Å². The Balaban J connectivity index is 1.93. The van der Waals surface area contributed by atoms with E-state index in [1.165, 1.54) is 0 Å². The molecular weight excluding hydrogens is 368 g/mol. The Kier molecular flexibility index (Phi) is 6.55. The van der Waals surface area contributed by atoms with Gasteiger partial charge in [0, 0.05) is 10.0 Å². The van der Waals surface area contributed by atoms with Gasteiger partial charge in [-0.2, -0.15) is 0 Å². The van der Waals surface area contributed by atoms with Gasteiger partial charge in [-0.15, -0.1) is 0 Å². The summed E-state index contributed by atoms with van der Waals surface area (Å²) >= 11 is 3.33. The lowest BCUT2D eigenvalue weighted by Gasteiger charge is -2.23. The minimum Gasteiger partial charge on any atom is -0.348 e. The van der Waals surface area contributed by atoms with Crippen LogP contribution in [0.3, 0.4) is 0 Å². The second-order valence-electron chi connectivity index (χ2n) is 5.89. The predicted octanol–water partition coefficient (Wildman–Crippen LogP) is 3.69. The number of hydrogen-bond acceptors (Lipinski definition) is 2. The zero-order chi connectivity index (χ0) is 17.5. The Hall–Kier alpha value is -2.14. The maximum atomic E-state index is 12.2. The van der Waals surface area contributed by atoms with Crippen molar-refractivity contribution < 1.29 is 9.59 Å². The van der Waals surface area contributed by atoms with Crippen LogP contribution in [-0.2, 0) is 4.79 Å². The molecule has 2 amide bonds. The topological polar surface area (TPSA) is 58.2 Å². The highest BCUT2D eigenvalue weighted by atomic mass is 79.9. The largest absolute Gasteiger partial charge is 0.348 e. The van der Waals surface area contributed by atoms with E-state index < -0.39 is 0 Å². The third kappa shape index (κ3) is 5.20. The molecule has 0 aliphatic heterocycles. The third-order valence-corrected chi connectivity index (χ3v) is 4.13. The fourth-order valence-electron chi connectivity index (χ4n) is 2.41. The maximum Gasteiger partial charge on any atom is 0.251 e. The fraction of sp³-hybridized carbons (Fsp3) is 0.263. The van der Waals surface area contributed by atoms with E-state index >= 15 is 0 Å². The molecule has 0 aliphatic rings. The number of carbonyl (C=O) groups excluding carboxylic acids is 2. The van der Waals surface area contributed by atoms with E-state index in [1.807, 2.05) is 36.4 Å². The van der Waals surface area contributed by atoms with Gasteiger partial charge in [0.2, 0.25) is 5.91 Å². The Labute approximate surface area is 150 Å². The molecule has 2 aromatic carbocycles. The lowest BCUT2D eigenvalue weighted by Crippen LogP contribution is -2.40. The normalized spacial score (nSPS) is 11.8. The van der Waals surface area contributed by atoms with E-state index in [4.69, 9.17) is 0 Å². The van der Waals surface area contributed by atoms with Crippen molar-refractivity contribution in [3.63, 3.8) is 0 Å². The molecule has 2 rings (SSSR count). The molecule has 126 valence electrons. The van der Waals surface area contributed by atoms with E-state index in [1.54, 1.807) is 18.2 Å². The van der Waals surface area contributed by atoms with Gasteiger partial charge in [-0.3, -0.25) is 9.59 Å². The van der Waals surface area contributed by atoms with E-state index in [9.17, 15) is 9.59 Å². The molecule has 1 atom stereocenters. The monoisotopic (exact) mass is 388 g/mol. The molecule has 1 unspecified atom stereocenters. The zero-order valence-corrected chi connectivity index (χ0v) is 15.3. The molecule has 0 aliphatic carbocycles. The van der Waals surface area contributed by atoms with Crippen molar-refractivity contribution in [3.8, 4) is 0 Å². The van der Waals surface area contributed by atoms with Crippen molar-refractivity contribution in [2.24, 2.45) is 5.92 Å². The van der Waals surface area contributed by atoms with Gasteiger partial charge in [0.1, 0.15) is 0 Å². The average molecular weight is 389 g/mol. The van der Waals surface area contributed by atoms with Crippen LogP contribution in [0.4, 0.5) is 0 Å². The second kappa shape index (κ2) is 8.64. The standard InChI is InChI=1S/C19H21BrN2O2/c1-13(2)18(14-7-4-3-5-8-14)22-17(23)12-21-19(24)15-9-6-10-16(20)11-15/h3-11,13,18H,12H2,1-2H3,(H,21,24)(H,22,23). The van der Waals surface area contributed by atoms with Gasteiger partial charge >= 0.3 is 0 Å². The van der Waals surface area contributed by atoms with E-state index in [-0.39, 0.29) is 30.3 Å². The molecule has 0 fully saturated rings. The molecule has 0 heterocycles. The first kappa shape index (κ1) is 18.2. The van der Waals surface area contributed by atoms with Gasteiger partial charge in [0.05, 0.1) is 12.6 Å². The van der Waals surface area contributed by atoms with Crippen molar-refractivity contribution in [1.82, 2.24) is 10.6 Å². The minimum atomic E-state index is -0.271. The first-order valence-electron chi connectivity index (χ1n) is 7.85. The number of nitrogens with one attached hydrogen (secondary N) is 2. The van der Waals surface area contributed by atoms with Crippen LogP contribution in [0.1, 0.15) is 35.8 Å². The molecule has 0 spiro atoms. The Morgan fingerprint density at radius 2 is 1.75 bits per heavy atom. The molecule has 0 saturated carbocycles. The quantitative estimate of drug-likeness (QED) is 0.792. The van der Waals surface area contributed by atoms with Gasteiger partial charge in [0.25, 0.3) is 5.91 Å². The summed E-state index contributed by atoms with van der Waals surface area (Å²) in [6.07, 6.45) is 0. The van der Waals surface area contributed by atoms with Gasteiger partial charge in [0.15, 0.2) is 0 Å². The first-order valence-corrected chi connectivity index (χ1v) is 8.64. The summed E-state index contributed by atoms with van der Waals surface area (Å²) < 4.78 is 0.823. The summed E-state index contributed by atoms with van der Waals surface area (Å²) in [6.45, 7) is 4.05. The first-order chi connectivity index (χ1) is 11.5. The lowest BCUT2D eigenvalue weighted by atomic mass is 9.96. The highest BCUT2D eigenvalue weighted by Gasteiger charge is 2.18. The smallest absolute Gasteiger partial charge is 0.251 e. The molecule has 24 heavy (non-hydrogen) atoms. The van der Waals surface area contributed by atoms with Crippen LogP contribution in [0, 0.1) is 5.92 Å². The molecule has 2 N–H and O–H groups in total. The Morgan fingerprint density at radius 3 is 2.38 bits per heavy atom. The maximum absolute atomic E-state index is 12.2. The van der Waals surface area contributed by atoms with Crippen molar-refractivity contribution in [2.75, 3.05) is 6.54 Å². The molecule has 0 bridgehead atoms. The summed E-state index contributed by atoms with van der Waals surface area (Å²) in [7, 11) is 0. The number of hydrogen-bond donors (Lipinski definition) is 2. The van der Waals surface area contributed by atoms with Crippen molar-refractivity contribution >= 4 is 27.7 Å². The predicted molar refractivity (Wildman–Crippen MR) is 98.6 cm³/mol. The molecule has 0 saturated heterocycles. The summed E-state index contributed by atoms with van der Waals surface area (Å²) in [5, 5.41) is 5.64. The van der Waals surface area contributed by atoms with Gasteiger partial charge in [-0.25, -0.2) is 0 Å². The van der Waals surface area contributed by atoms with Crippen LogP contribution in [0.5, 0.6) is 0 Å². The molecule has 0 radical (unpaired) electrons. The van der Waals surface area contributed by atoms with E-state index in [0.717, 1.165) is 10.0 Å². The number of rotatable bonds is 6. The van der Waals surface area contributed by atoms with Crippen molar-refractivity contribution in [2.45, 2.75) is 19.9 Å². The SMILES string of the molecule is CC(C)C(NC(=O)CNC(=O)c1cccc(Br)c1)c1ccccc1. The lowest BCUT2D eigenvalue weighted by molar-refractivity contribution is -0.121. The third-order valence-electron chi connectivity index (χ3n) is 3.64. The molecular formula is C19H21BrN2O2. The summed E-state index contributed by atoms with van der Waals surface area (Å²) in [4.78, 5) is 24.3.